The Morgan fingerprint density at radius 3 is 2.50 bits per heavy atom. The van der Waals surface area contributed by atoms with Gasteiger partial charge in [-0.25, -0.2) is 4.39 Å². The molecule has 1 N–H and O–H groups in total. The highest BCUT2D eigenvalue weighted by molar-refractivity contribution is 7.98. The molecule has 1 aromatic carbocycles. The van der Waals surface area contributed by atoms with Crippen molar-refractivity contribution in [2.75, 3.05) is 19.3 Å². The molecule has 0 radical (unpaired) electrons. The average Bonchev–Trinajstić information content (AvgIpc) is 2.30. The van der Waals surface area contributed by atoms with E-state index in [1.165, 1.54) is 6.42 Å². The zero-order chi connectivity index (χ0) is 13.4. The molecule has 1 fully saturated rings. The predicted octanol–water partition coefficient (Wildman–Crippen LogP) is 3.45. The van der Waals surface area contributed by atoms with Gasteiger partial charge in [-0.2, -0.15) is 0 Å². The average molecular weight is 271 g/mol. The number of benzene rings is 1. The second-order valence-electron chi connectivity index (χ2n) is 4.26. The van der Waals surface area contributed by atoms with Crippen molar-refractivity contribution in [2.45, 2.75) is 37.9 Å². The molecule has 0 aliphatic carbocycles. The molecule has 2 nitrogen and oxygen atoms in total. The highest BCUT2D eigenvalue weighted by Gasteiger charge is 2.17. The van der Waals surface area contributed by atoms with Crippen molar-refractivity contribution in [3.63, 3.8) is 0 Å². The minimum Gasteiger partial charge on any atom is -0.371 e. The van der Waals surface area contributed by atoms with Crippen LogP contribution in [0.25, 0.3) is 0 Å². The van der Waals surface area contributed by atoms with E-state index in [1.54, 1.807) is 23.9 Å². The number of hydrogen-bond donors (Lipinski definition) is 1. The van der Waals surface area contributed by atoms with Crippen LogP contribution in [-0.2, 0) is 11.3 Å². The largest absolute Gasteiger partial charge is 0.371 e. The molecule has 1 heterocycles. The number of hydrogen-bond acceptors (Lipinski definition) is 3. The molecule has 102 valence electrons. The second-order valence-corrected chi connectivity index (χ2v) is 5.14. The second kappa shape index (κ2) is 8.51. The van der Waals surface area contributed by atoms with Gasteiger partial charge in [0.05, 0.1) is 12.7 Å². The Morgan fingerprint density at radius 2 is 2.06 bits per heavy atom. The fourth-order valence-corrected chi connectivity index (χ4v) is 1.79. The molecule has 0 spiro atoms. The third kappa shape index (κ3) is 4.96. The summed E-state index contributed by atoms with van der Waals surface area (Å²) in [5.41, 5.74) is 0.639. The smallest absolute Gasteiger partial charge is 0.129 e. The van der Waals surface area contributed by atoms with Gasteiger partial charge >= 0.3 is 0 Å². The molecule has 0 atom stereocenters. The zero-order valence-electron chi connectivity index (χ0n) is 11.3. The third-order valence-corrected chi connectivity index (χ3v) is 3.20. The van der Waals surface area contributed by atoms with E-state index in [9.17, 15) is 4.39 Å². The van der Waals surface area contributed by atoms with Crippen molar-refractivity contribution in [1.82, 2.24) is 5.32 Å². The Morgan fingerprint density at radius 1 is 1.39 bits per heavy atom. The van der Waals surface area contributed by atoms with E-state index in [4.69, 9.17) is 4.74 Å². The molecule has 18 heavy (non-hydrogen) atoms. The van der Waals surface area contributed by atoms with Crippen molar-refractivity contribution in [1.29, 1.82) is 0 Å². The fraction of sp³-hybridized carbons (Fsp3) is 0.571. The molecule has 1 aliphatic heterocycles. The first kappa shape index (κ1) is 15.5. The van der Waals surface area contributed by atoms with Crippen LogP contribution in [0.1, 0.15) is 25.8 Å². The molecular weight excluding hydrogens is 249 g/mol. The summed E-state index contributed by atoms with van der Waals surface area (Å²) < 4.78 is 19.0. The van der Waals surface area contributed by atoms with Gasteiger partial charge < -0.3 is 10.1 Å². The third-order valence-electron chi connectivity index (χ3n) is 2.48. The molecule has 0 bridgehead atoms. The number of nitrogens with one attached hydrogen (secondary N) is 1. The van der Waals surface area contributed by atoms with E-state index in [-0.39, 0.29) is 11.9 Å². The summed E-state index contributed by atoms with van der Waals surface area (Å²) in [6.45, 7) is 6.38. The van der Waals surface area contributed by atoms with Gasteiger partial charge in [-0.3, -0.25) is 0 Å². The Kier molecular flexibility index (Phi) is 7.32. The van der Waals surface area contributed by atoms with Gasteiger partial charge in [-0.05, 0) is 18.4 Å². The minimum atomic E-state index is -0.172. The van der Waals surface area contributed by atoms with Gasteiger partial charge in [-0.1, -0.05) is 26.3 Å². The molecule has 4 heteroatoms. The van der Waals surface area contributed by atoms with E-state index >= 15 is 0 Å². The maximum atomic E-state index is 13.5. The molecule has 0 amide bonds. The van der Waals surface area contributed by atoms with Crippen LogP contribution in [0.2, 0.25) is 0 Å². The van der Waals surface area contributed by atoms with Crippen LogP contribution >= 0.6 is 11.8 Å². The van der Waals surface area contributed by atoms with E-state index in [2.05, 4.69) is 19.2 Å². The molecule has 0 aromatic heterocycles. The summed E-state index contributed by atoms with van der Waals surface area (Å²) in [6, 6.07) is 5.28. The van der Waals surface area contributed by atoms with Gasteiger partial charge in [0.1, 0.15) is 5.82 Å². The Bertz CT molecular complexity index is 356. The van der Waals surface area contributed by atoms with Crippen LogP contribution in [0.15, 0.2) is 23.1 Å². The molecule has 2 rings (SSSR count). The van der Waals surface area contributed by atoms with Crippen LogP contribution in [0.3, 0.4) is 0 Å². The lowest BCUT2D eigenvalue weighted by atomic mass is 10.2. The Hall–Kier alpha value is -0.580. The number of thioether (sulfide) groups is 1. The SMILES string of the molecule is CCC.CSc1ccc(COC2CNC2)c(F)c1. The van der Waals surface area contributed by atoms with Crippen LogP contribution in [0, 0.1) is 5.82 Å². The van der Waals surface area contributed by atoms with Crippen molar-refractivity contribution in [3.8, 4) is 0 Å². The van der Waals surface area contributed by atoms with Gasteiger partial charge in [0.25, 0.3) is 0 Å². The lowest BCUT2D eigenvalue weighted by Crippen LogP contribution is -2.48. The van der Waals surface area contributed by atoms with Gasteiger partial charge in [0.15, 0.2) is 0 Å². The summed E-state index contributed by atoms with van der Waals surface area (Å²) in [7, 11) is 0. The van der Waals surface area contributed by atoms with Gasteiger partial charge in [0, 0.05) is 23.5 Å². The normalized spacial score (nSPS) is 14.7. The maximum Gasteiger partial charge on any atom is 0.129 e. The fourth-order valence-electron chi connectivity index (χ4n) is 1.36. The first-order valence-corrected chi connectivity index (χ1v) is 7.58. The maximum absolute atomic E-state index is 13.5. The monoisotopic (exact) mass is 271 g/mol. The van der Waals surface area contributed by atoms with Crippen molar-refractivity contribution in [2.24, 2.45) is 0 Å². The molecule has 0 saturated carbocycles. The molecule has 1 aliphatic rings. The van der Waals surface area contributed by atoms with Gasteiger partial charge in [-0.15, -0.1) is 11.8 Å². The summed E-state index contributed by atoms with van der Waals surface area (Å²) in [6.07, 6.45) is 3.44. The van der Waals surface area contributed by atoms with Crippen LogP contribution in [0.5, 0.6) is 0 Å². The van der Waals surface area contributed by atoms with Crippen molar-refractivity contribution in [3.05, 3.63) is 29.6 Å². The summed E-state index contributed by atoms with van der Waals surface area (Å²) >= 11 is 1.54. The molecule has 0 unspecified atom stereocenters. The highest BCUT2D eigenvalue weighted by atomic mass is 32.2. The van der Waals surface area contributed by atoms with Crippen LogP contribution in [0.4, 0.5) is 4.39 Å². The minimum absolute atomic E-state index is 0.172. The first-order valence-electron chi connectivity index (χ1n) is 6.36. The van der Waals surface area contributed by atoms with E-state index in [1.807, 2.05) is 12.3 Å². The van der Waals surface area contributed by atoms with Crippen LogP contribution in [-0.4, -0.2) is 25.4 Å². The lowest BCUT2D eigenvalue weighted by Gasteiger charge is -2.27. The summed E-state index contributed by atoms with van der Waals surface area (Å²) in [4.78, 5) is 0.946. The van der Waals surface area contributed by atoms with E-state index in [0.717, 1.165) is 18.0 Å². The molecule has 1 aromatic rings. The molecular formula is C14H22FNOS. The van der Waals surface area contributed by atoms with Crippen molar-refractivity contribution >= 4 is 11.8 Å². The Labute approximate surface area is 113 Å². The number of rotatable bonds is 4. The van der Waals surface area contributed by atoms with Crippen molar-refractivity contribution < 1.29 is 9.13 Å². The summed E-state index contributed by atoms with van der Waals surface area (Å²) in [5, 5.41) is 3.11. The number of halogens is 1. The number of ether oxygens (including phenoxy) is 1. The van der Waals surface area contributed by atoms with E-state index in [0.29, 0.717) is 12.2 Å². The summed E-state index contributed by atoms with van der Waals surface area (Å²) in [5.74, 6) is -0.172. The standard InChI is InChI=1S/C11H14FNOS.C3H8/c1-15-10-3-2-8(11(12)4-10)7-14-9-5-13-6-9;1-3-2/h2-4,9,13H,5-7H2,1H3;3H2,1-2H3. The highest BCUT2D eigenvalue weighted by Crippen LogP contribution is 2.19. The van der Waals surface area contributed by atoms with Gasteiger partial charge in [0.2, 0.25) is 0 Å². The Balaban J connectivity index is 0.000000492. The lowest BCUT2D eigenvalue weighted by molar-refractivity contribution is 0.00635. The van der Waals surface area contributed by atoms with Crippen LogP contribution < -0.4 is 5.32 Å². The molecule has 1 saturated heterocycles. The topological polar surface area (TPSA) is 21.3 Å². The van der Waals surface area contributed by atoms with E-state index < -0.39 is 0 Å². The predicted molar refractivity (Wildman–Crippen MR) is 75.6 cm³/mol. The zero-order valence-corrected chi connectivity index (χ0v) is 12.1. The quantitative estimate of drug-likeness (QED) is 0.848. The first-order chi connectivity index (χ1) is 8.71.